The average molecular weight is 401 g/mol. The second-order valence-electron chi connectivity index (χ2n) is 6.36. The van der Waals surface area contributed by atoms with Gasteiger partial charge >= 0.3 is 0 Å². The summed E-state index contributed by atoms with van der Waals surface area (Å²) in [5.74, 6) is -0.736. The Labute approximate surface area is 166 Å². The molecule has 0 aliphatic carbocycles. The van der Waals surface area contributed by atoms with Crippen molar-refractivity contribution in [3.8, 4) is 5.75 Å². The van der Waals surface area contributed by atoms with Gasteiger partial charge in [0.2, 0.25) is 0 Å². The topological polar surface area (TPSA) is 66.8 Å². The minimum Gasteiger partial charge on any atom is -0.489 e. The maximum atomic E-state index is 13.3. The van der Waals surface area contributed by atoms with Crippen molar-refractivity contribution in [2.75, 3.05) is 17.3 Å². The van der Waals surface area contributed by atoms with Gasteiger partial charge in [-0.15, -0.1) is 11.8 Å². The molecule has 0 saturated carbocycles. The number of nitrogens with zero attached hydrogens (tertiary/aromatic N) is 1. The molecule has 0 spiro atoms. The molecule has 2 amide bonds. The number of ether oxygens (including phenoxy) is 1. The predicted molar refractivity (Wildman–Crippen MR) is 108 cm³/mol. The van der Waals surface area contributed by atoms with E-state index in [1.165, 1.54) is 24.3 Å². The van der Waals surface area contributed by atoms with Gasteiger partial charge in [0, 0.05) is 5.75 Å². The molecule has 1 N–H and O–H groups in total. The van der Waals surface area contributed by atoms with Gasteiger partial charge < -0.3 is 9.84 Å². The third kappa shape index (κ3) is 3.95. The molecule has 0 bridgehead atoms. The van der Waals surface area contributed by atoms with Gasteiger partial charge in [-0.1, -0.05) is 24.3 Å². The van der Waals surface area contributed by atoms with E-state index in [-0.39, 0.29) is 28.9 Å². The number of halogens is 1. The zero-order valence-corrected chi connectivity index (χ0v) is 16.3. The fourth-order valence-electron chi connectivity index (χ4n) is 2.88. The number of aliphatic hydroxyl groups is 1. The van der Waals surface area contributed by atoms with Crippen molar-refractivity contribution in [2.24, 2.45) is 0 Å². The first-order valence-corrected chi connectivity index (χ1v) is 9.81. The molecule has 5 nitrogen and oxygen atoms in total. The number of imide groups is 1. The predicted octanol–water partition coefficient (Wildman–Crippen LogP) is 3.62. The van der Waals surface area contributed by atoms with Crippen LogP contribution in [0.3, 0.4) is 0 Å². The Morgan fingerprint density at radius 2 is 1.75 bits per heavy atom. The number of hydrogen-bond donors (Lipinski definition) is 1. The number of benzene rings is 2. The standard InChI is InChI=1S/C21H20FNO4S/c1-13(2)27-17-6-4-3-5-16(17)23-20(25)18(14-7-9-15(22)10-8-14)19(21(23)26)28-12-11-24/h3-10,13,24H,11-12H2,1-2H3. The van der Waals surface area contributed by atoms with Crippen LogP contribution in [0.4, 0.5) is 10.1 Å². The molecular weight excluding hydrogens is 381 g/mol. The summed E-state index contributed by atoms with van der Waals surface area (Å²) in [6.45, 7) is 3.57. The van der Waals surface area contributed by atoms with Crippen molar-refractivity contribution in [1.82, 2.24) is 0 Å². The normalized spacial score (nSPS) is 14.4. The second-order valence-corrected chi connectivity index (χ2v) is 7.47. The van der Waals surface area contributed by atoms with Crippen LogP contribution in [0.5, 0.6) is 5.75 Å². The van der Waals surface area contributed by atoms with E-state index in [0.29, 0.717) is 17.0 Å². The summed E-state index contributed by atoms with van der Waals surface area (Å²) in [6.07, 6.45) is -0.137. The first-order chi connectivity index (χ1) is 13.4. The first-order valence-electron chi connectivity index (χ1n) is 8.82. The van der Waals surface area contributed by atoms with Gasteiger partial charge in [0.15, 0.2) is 0 Å². The zero-order valence-electron chi connectivity index (χ0n) is 15.5. The Kier molecular flexibility index (Phi) is 6.16. The molecule has 2 aromatic rings. The van der Waals surface area contributed by atoms with Crippen molar-refractivity contribution in [3.05, 3.63) is 64.8 Å². The lowest BCUT2D eigenvalue weighted by atomic mass is 10.1. The van der Waals surface area contributed by atoms with Crippen LogP contribution in [0, 0.1) is 5.82 Å². The molecule has 7 heteroatoms. The number of para-hydroxylation sites is 2. The molecule has 146 valence electrons. The summed E-state index contributed by atoms with van der Waals surface area (Å²) in [5.41, 5.74) is 0.998. The van der Waals surface area contributed by atoms with Gasteiger partial charge in [0.1, 0.15) is 11.6 Å². The summed E-state index contributed by atoms with van der Waals surface area (Å²) in [5, 5.41) is 9.18. The number of hydrogen-bond acceptors (Lipinski definition) is 5. The van der Waals surface area contributed by atoms with Crippen molar-refractivity contribution < 1.29 is 23.8 Å². The minimum absolute atomic E-state index is 0.137. The molecule has 28 heavy (non-hydrogen) atoms. The molecule has 0 fully saturated rings. The van der Waals surface area contributed by atoms with Crippen LogP contribution >= 0.6 is 11.8 Å². The molecule has 1 aliphatic rings. The van der Waals surface area contributed by atoms with Crippen LogP contribution in [0.1, 0.15) is 19.4 Å². The summed E-state index contributed by atoms with van der Waals surface area (Å²) in [4.78, 5) is 27.7. The molecule has 0 saturated heterocycles. The van der Waals surface area contributed by atoms with E-state index in [1.807, 2.05) is 13.8 Å². The number of carbonyl (C=O) groups is 2. The van der Waals surface area contributed by atoms with Crippen LogP contribution in [-0.2, 0) is 9.59 Å². The van der Waals surface area contributed by atoms with Gasteiger partial charge in [-0.05, 0) is 43.7 Å². The summed E-state index contributed by atoms with van der Waals surface area (Å²) >= 11 is 1.10. The van der Waals surface area contributed by atoms with Crippen LogP contribution in [-0.4, -0.2) is 35.4 Å². The fourth-order valence-corrected chi connectivity index (χ4v) is 3.74. The van der Waals surface area contributed by atoms with Gasteiger partial charge in [-0.25, -0.2) is 9.29 Å². The number of thioether (sulfide) groups is 1. The fraction of sp³-hybridized carbons (Fsp3) is 0.238. The van der Waals surface area contributed by atoms with Crippen molar-refractivity contribution in [1.29, 1.82) is 0 Å². The zero-order chi connectivity index (χ0) is 20.3. The number of rotatable bonds is 7. The van der Waals surface area contributed by atoms with E-state index < -0.39 is 17.6 Å². The number of anilines is 1. The Balaban J connectivity index is 2.07. The van der Waals surface area contributed by atoms with Crippen molar-refractivity contribution in [2.45, 2.75) is 20.0 Å². The summed E-state index contributed by atoms with van der Waals surface area (Å²) in [6, 6.07) is 12.3. The molecule has 0 radical (unpaired) electrons. The van der Waals surface area contributed by atoms with E-state index in [4.69, 9.17) is 4.74 Å². The first kappa shape index (κ1) is 20.1. The van der Waals surface area contributed by atoms with Gasteiger partial charge in [0.05, 0.1) is 28.9 Å². The monoisotopic (exact) mass is 401 g/mol. The molecule has 1 aliphatic heterocycles. The largest absolute Gasteiger partial charge is 0.489 e. The van der Waals surface area contributed by atoms with Gasteiger partial charge in [-0.2, -0.15) is 0 Å². The van der Waals surface area contributed by atoms with E-state index in [2.05, 4.69) is 0 Å². The molecular formula is C21H20FNO4S. The lowest BCUT2D eigenvalue weighted by Gasteiger charge is -2.20. The third-order valence-corrected chi connectivity index (χ3v) is 5.03. The molecule has 0 unspecified atom stereocenters. The van der Waals surface area contributed by atoms with E-state index in [1.54, 1.807) is 24.3 Å². The van der Waals surface area contributed by atoms with E-state index in [9.17, 15) is 19.1 Å². The van der Waals surface area contributed by atoms with Crippen molar-refractivity contribution >= 4 is 34.8 Å². The van der Waals surface area contributed by atoms with E-state index in [0.717, 1.165) is 16.7 Å². The van der Waals surface area contributed by atoms with Crippen molar-refractivity contribution in [3.63, 3.8) is 0 Å². The number of amides is 2. The van der Waals surface area contributed by atoms with Crippen LogP contribution < -0.4 is 9.64 Å². The average Bonchev–Trinajstić information content (AvgIpc) is 2.91. The molecule has 0 atom stereocenters. The molecule has 3 rings (SSSR count). The van der Waals surface area contributed by atoms with Crippen LogP contribution in [0.25, 0.3) is 5.57 Å². The second kappa shape index (κ2) is 8.58. The highest BCUT2D eigenvalue weighted by Gasteiger charge is 2.41. The summed E-state index contributed by atoms with van der Waals surface area (Å²) < 4.78 is 19.1. The van der Waals surface area contributed by atoms with E-state index >= 15 is 0 Å². The quantitative estimate of drug-likeness (QED) is 0.718. The summed E-state index contributed by atoms with van der Waals surface area (Å²) in [7, 11) is 0. The lowest BCUT2D eigenvalue weighted by Crippen LogP contribution is -2.32. The van der Waals surface area contributed by atoms with Gasteiger partial charge in [0.25, 0.3) is 11.8 Å². The Bertz CT molecular complexity index is 924. The van der Waals surface area contributed by atoms with Gasteiger partial charge in [-0.3, -0.25) is 9.59 Å². The minimum atomic E-state index is -0.503. The number of carbonyl (C=O) groups excluding carboxylic acids is 2. The maximum absolute atomic E-state index is 13.3. The lowest BCUT2D eigenvalue weighted by molar-refractivity contribution is -0.119. The highest BCUT2D eigenvalue weighted by molar-refractivity contribution is 8.04. The highest BCUT2D eigenvalue weighted by atomic mass is 32.2. The molecule has 1 heterocycles. The van der Waals surface area contributed by atoms with Crippen LogP contribution in [0.15, 0.2) is 53.4 Å². The smallest absolute Gasteiger partial charge is 0.272 e. The molecule has 2 aromatic carbocycles. The Morgan fingerprint density at radius 1 is 1.07 bits per heavy atom. The Morgan fingerprint density at radius 3 is 2.39 bits per heavy atom. The third-order valence-electron chi connectivity index (χ3n) is 3.98. The molecule has 0 aromatic heterocycles. The SMILES string of the molecule is CC(C)Oc1ccccc1N1C(=O)C(SCCO)=C(c2ccc(F)cc2)C1=O. The Hall–Kier alpha value is -2.64. The maximum Gasteiger partial charge on any atom is 0.272 e. The van der Waals surface area contributed by atoms with Crippen LogP contribution in [0.2, 0.25) is 0 Å². The highest BCUT2D eigenvalue weighted by Crippen LogP contribution is 2.41. The number of aliphatic hydroxyl groups excluding tert-OH is 1.